The quantitative estimate of drug-likeness (QED) is 0.675. The van der Waals surface area contributed by atoms with Gasteiger partial charge in [0, 0.05) is 12.6 Å². The number of nitrogens with zero attached hydrogens (tertiary/aromatic N) is 2. The monoisotopic (exact) mass is 209 g/mol. The maximum atomic E-state index is 11.5. The standard InChI is InChI=1S/C9H11N3O3/c10-7-1-2-12(9(13)11-7)8-3-5-6(15-8)4-14-5/h1-2,5-6,8H,3-4H2,(H2,10,11,13)/t5-,6-,8-/m0/s1. The van der Waals surface area contributed by atoms with Gasteiger partial charge in [-0.3, -0.25) is 4.57 Å². The first-order valence-corrected chi connectivity index (χ1v) is 4.86. The van der Waals surface area contributed by atoms with Gasteiger partial charge in [-0.2, -0.15) is 4.98 Å². The lowest BCUT2D eigenvalue weighted by molar-refractivity contribution is -0.149. The van der Waals surface area contributed by atoms with Gasteiger partial charge in [0.15, 0.2) is 0 Å². The number of rotatable bonds is 1. The molecule has 3 rings (SSSR count). The second-order valence-corrected chi connectivity index (χ2v) is 3.78. The number of nitrogens with two attached hydrogens (primary N) is 1. The fourth-order valence-corrected chi connectivity index (χ4v) is 1.94. The van der Waals surface area contributed by atoms with Gasteiger partial charge in [-0.1, -0.05) is 0 Å². The molecule has 80 valence electrons. The lowest BCUT2D eigenvalue weighted by Gasteiger charge is -2.28. The molecule has 0 spiro atoms. The first kappa shape index (κ1) is 8.87. The number of hydrogen-bond donors (Lipinski definition) is 1. The minimum atomic E-state index is -0.374. The molecule has 0 aromatic carbocycles. The fraction of sp³-hybridized carbons (Fsp3) is 0.556. The van der Waals surface area contributed by atoms with Crippen LogP contribution in [0.1, 0.15) is 12.6 Å². The number of ether oxygens (including phenoxy) is 2. The SMILES string of the molecule is Nc1ccn([C@@H]2C[C@@H]3OC[C@@H]3O2)c(=O)n1. The van der Waals surface area contributed by atoms with E-state index in [4.69, 9.17) is 15.2 Å². The van der Waals surface area contributed by atoms with Gasteiger partial charge < -0.3 is 15.2 Å². The van der Waals surface area contributed by atoms with Crippen molar-refractivity contribution in [1.29, 1.82) is 0 Å². The first-order chi connectivity index (χ1) is 7.24. The Morgan fingerprint density at radius 3 is 2.93 bits per heavy atom. The number of aromatic nitrogens is 2. The minimum absolute atomic E-state index is 0.138. The molecule has 0 aliphatic carbocycles. The number of nitrogen functional groups attached to an aromatic ring is 1. The summed E-state index contributed by atoms with van der Waals surface area (Å²) in [6.07, 6.45) is 2.33. The molecule has 2 N–H and O–H groups in total. The molecule has 2 saturated heterocycles. The summed E-state index contributed by atoms with van der Waals surface area (Å²) in [5.41, 5.74) is 5.03. The molecule has 0 unspecified atom stereocenters. The minimum Gasteiger partial charge on any atom is -0.383 e. The van der Waals surface area contributed by atoms with Crippen LogP contribution < -0.4 is 11.4 Å². The van der Waals surface area contributed by atoms with Crippen molar-refractivity contribution >= 4 is 5.82 Å². The molecule has 15 heavy (non-hydrogen) atoms. The zero-order valence-electron chi connectivity index (χ0n) is 8.00. The summed E-state index contributed by atoms with van der Waals surface area (Å²) in [7, 11) is 0. The number of hydrogen-bond acceptors (Lipinski definition) is 5. The van der Waals surface area contributed by atoms with Gasteiger partial charge in [0.2, 0.25) is 0 Å². The van der Waals surface area contributed by atoms with Crippen LogP contribution in [0.3, 0.4) is 0 Å². The molecular weight excluding hydrogens is 198 g/mol. The molecule has 1 aromatic rings. The van der Waals surface area contributed by atoms with Crippen molar-refractivity contribution in [3.05, 3.63) is 22.7 Å². The third-order valence-electron chi connectivity index (χ3n) is 2.82. The Hall–Kier alpha value is -1.40. The Balaban J connectivity index is 1.90. The van der Waals surface area contributed by atoms with Crippen LogP contribution in [0, 0.1) is 0 Å². The summed E-state index contributed by atoms with van der Waals surface area (Å²) in [5.74, 6) is 0.230. The maximum Gasteiger partial charge on any atom is 0.351 e. The smallest absolute Gasteiger partial charge is 0.351 e. The summed E-state index contributed by atoms with van der Waals surface area (Å²) in [5, 5.41) is 0. The van der Waals surface area contributed by atoms with Crippen LogP contribution in [0.15, 0.2) is 17.1 Å². The van der Waals surface area contributed by atoms with Gasteiger partial charge in [0.1, 0.15) is 18.1 Å². The fourth-order valence-electron chi connectivity index (χ4n) is 1.94. The van der Waals surface area contributed by atoms with Crippen molar-refractivity contribution in [2.24, 2.45) is 0 Å². The zero-order valence-corrected chi connectivity index (χ0v) is 8.00. The van der Waals surface area contributed by atoms with E-state index in [-0.39, 0.29) is 29.9 Å². The second kappa shape index (κ2) is 3.04. The highest BCUT2D eigenvalue weighted by Gasteiger charge is 2.43. The van der Waals surface area contributed by atoms with E-state index in [1.54, 1.807) is 12.3 Å². The number of fused-ring (bicyclic) bond motifs is 1. The van der Waals surface area contributed by atoms with E-state index in [1.807, 2.05) is 0 Å². The first-order valence-electron chi connectivity index (χ1n) is 4.86. The molecule has 6 nitrogen and oxygen atoms in total. The third kappa shape index (κ3) is 1.33. The van der Waals surface area contributed by atoms with Crippen LogP contribution in [0.25, 0.3) is 0 Å². The van der Waals surface area contributed by atoms with E-state index in [9.17, 15) is 4.79 Å². The summed E-state index contributed by atoms with van der Waals surface area (Å²) in [4.78, 5) is 15.2. The summed E-state index contributed by atoms with van der Waals surface area (Å²) in [6.45, 7) is 0.623. The summed E-state index contributed by atoms with van der Waals surface area (Å²) in [6, 6.07) is 1.59. The van der Waals surface area contributed by atoms with E-state index in [1.165, 1.54) is 4.57 Å². The Labute approximate surface area is 85.6 Å². The lowest BCUT2D eigenvalue weighted by atomic mass is 10.1. The van der Waals surface area contributed by atoms with Gasteiger partial charge in [-0.05, 0) is 6.07 Å². The summed E-state index contributed by atoms with van der Waals surface area (Å²) < 4.78 is 12.4. The van der Waals surface area contributed by atoms with Gasteiger partial charge in [-0.25, -0.2) is 4.79 Å². The molecule has 0 amide bonds. The van der Waals surface area contributed by atoms with Gasteiger partial charge >= 0.3 is 5.69 Å². The highest BCUT2D eigenvalue weighted by molar-refractivity contribution is 5.23. The van der Waals surface area contributed by atoms with Crippen molar-refractivity contribution in [3.8, 4) is 0 Å². The normalized spacial score (nSPS) is 33.5. The van der Waals surface area contributed by atoms with Crippen LogP contribution in [0.5, 0.6) is 0 Å². The maximum absolute atomic E-state index is 11.5. The van der Waals surface area contributed by atoms with Gasteiger partial charge in [0.05, 0.1) is 12.7 Å². The van der Waals surface area contributed by atoms with Crippen LogP contribution in [-0.2, 0) is 9.47 Å². The highest BCUT2D eigenvalue weighted by atomic mass is 16.6. The molecule has 6 heteroatoms. The van der Waals surface area contributed by atoms with E-state index in [2.05, 4.69) is 4.98 Å². The topological polar surface area (TPSA) is 79.4 Å². The third-order valence-corrected chi connectivity index (χ3v) is 2.82. The predicted octanol–water partition coefficient (Wildman–Crippen LogP) is -0.488. The largest absolute Gasteiger partial charge is 0.383 e. The molecular formula is C9H11N3O3. The predicted molar refractivity (Wildman–Crippen MR) is 51.2 cm³/mol. The molecule has 2 aliphatic heterocycles. The molecule has 0 radical (unpaired) electrons. The van der Waals surface area contributed by atoms with E-state index < -0.39 is 0 Å². The van der Waals surface area contributed by atoms with Crippen LogP contribution in [0.4, 0.5) is 5.82 Å². The summed E-state index contributed by atoms with van der Waals surface area (Å²) >= 11 is 0. The van der Waals surface area contributed by atoms with Crippen molar-refractivity contribution in [2.45, 2.75) is 24.9 Å². The number of anilines is 1. The lowest BCUT2D eigenvalue weighted by Crippen LogP contribution is -2.40. The van der Waals surface area contributed by atoms with E-state index in [0.29, 0.717) is 13.0 Å². The molecule has 3 atom stereocenters. The van der Waals surface area contributed by atoms with Crippen molar-refractivity contribution in [2.75, 3.05) is 12.3 Å². The van der Waals surface area contributed by atoms with Crippen molar-refractivity contribution < 1.29 is 9.47 Å². The molecule has 3 heterocycles. The van der Waals surface area contributed by atoms with E-state index >= 15 is 0 Å². The molecule has 2 fully saturated rings. The zero-order chi connectivity index (χ0) is 10.4. The van der Waals surface area contributed by atoms with Crippen LogP contribution >= 0.6 is 0 Å². The Morgan fingerprint density at radius 2 is 2.40 bits per heavy atom. The Kier molecular flexibility index (Phi) is 1.80. The molecule has 0 bridgehead atoms. The molecule has 0 saturated carbocycles. The second-order valence-electron chi connectivity index (χ2n) is 3.78. The van der Waals surface area contributed by atoms with Gasteiger partial charge in [-0.15, -0.1) is 0 Å². The van der Waals surface area contributed by atoms with Crippen LogP contribution in [0.2, 0.25) is 0 Å². The van der Waals surface area contributed by atoms with Crippen molar-refractivity contribution in [1.82, 2.24) is 9.55 Å². The molecule has 1 aromatic heterocycles. The Bertz CT molecular complexity index is 432. The highest BCUT2D eigenvalue weighted by Crippen LogP contribution is 2.35. The van der Waals surface area contributed by atoms with Crippen LogP contribution in [-0.4, -0.2) is 28.4 Å². The van der Waals surface area contributed by atoms with Crippen molar-refractivity contribution in [3.63, 3.8) is 0 Å². The molecule has 2 aliphatic rings. The van der Waals surface area contributed by atoms with E-state index in [0.717, 1.165) is 0 Å². The average Bonchev–Trinajstić information content (AvgIpc) is 2.44. The van der Waals surface area contributed by atoms with Gasteiger partial charge in [0.25, 0.3) is 0 Å². The Morgan fingerprint density at radius 1 is 1.53 bits per heavy atom. The average molecular weight is 209 g/mol.